The van der Waals surface area contributed by atoms with E-state index < -0.39 is 10.7 Å². The third kappa shape index (κ3) is 6.33. The van der Waals surface area contributed by atoms with E-state index in [4.69, 9.17) is 0 Å². The van der Waals surface area contributed by atoms with E-state index in [2.05, 4.69) is 21.2 Å². The average molecular weight is 481 g/mol. The molecule has 3 aromatic rings. The van der Waals surface area contributed by atoms with Gasteiger partial charge >= 0.3 is 0 Å². The molecule has 0 atom stereocenters. The quantitative estimate of drug-likeness (QED) is 0.325. The predicted molar refractivity (Wildman–Crippen MR) is 105 cm³/mol. The topological polar surface area (TPSA) is 76.1 Å². The van der Waals surface area contributed by atoms with Crippen LogP contribution in [-0.4, -0.2) is 10.8 Å². The lowest BCUT2D eigenvalue weighted by Crippen LogP contribution is -3.00. The molecule has 0 unspecified atom stereocenters. The molecule has 6 nitrogen and oxygen atoms in total. The fourth-order valence-electron chi connectivity index (χ4n) is 2.63. The number of halogens is 3. The molecule has 0 saturated heterocycles. The highest BCUT2D eigenvalue weighted by atomic mass is 79.9. The van der Waals surface area contributed by atoms with Crippen molar-refractivity contribution in [2.75, 3.05) is 5.32 Å². The van der Waals surface area contributed by atoms with Gasteiger partial charge in [-0.05, 0) is 35.7 Å². The number of anilines is 1. The van der Waals surface area contributed by atoms with Gasteiger partial charge in [-0.25, -0.2) is 4.39 Å². The summed E-state index contributed by atoms with van der Waals surface area (Å²) in [5.41, 5.74) is 2.14. The van der Waals surface area contributed by atoms with Crippen molar-refractivity contribution in [3.63, 3.8) is 0 Å². The monoisotopic (exact) mass is 479 g/mol. The number of aromatic nitrogens is 1. The van der Waals surface area contributed by atoms with Crippen molar-refractivity contribution < 1.29 is 31.1 Å². The smallest absolute Gasteiger partial charge is 0.290 e. The summed E-state index contributed by atoms with van der Waals surface area (Å²) in [5, 5.41) is 13.2. The Hall–Kier alpha value is -2.84. The largest absolute Gasteiger partial charge is 1.00 e. The number of hydrogen-bond acceptors (Lipinski definition) is 3. The maximum atomic E-state index is 13.8. The number of hydrogen-bond donors (Lipinski definition) is 1. The minimum atomic E-state index is -0.508. The second-order valence-electron chi connectivity index (χ2n) is 6.15. The van der Waals surface area contributed by atoms with Crippen LogP contribution in [0.4, 0.5) is 15.8 Å². The molecule has 3 rings (SSSR count). The van der Waals surface area contributed by atoms with Crippen LogP contribution in [0.3, 0.4) is 0 Å². The standard InChI is InChI=1S/C20H15BrFN3O3.ClH/c21-16-3-6-19(18(22)12-16)23-20(26)13-24-9-7-15(8-10-24)11-14-1-4-17(5-2-14)25(27)28;/h1-10,12H,11,13H2;1H. The molecular weight excluding hydrogens is 465 g/mol. The first-order chi connectivity index (χ1) is 13.4. The summed E-state index contributed by atoms with van der Waals surface area (Å²) in [7, 11) is 0. The van der Waals surface area contributed by atoms with E-state index in [9.17, 15) is 19.3 Å². The molecule has 0 saturated carbocycles. The summed E-state index contributed by atoms with van der Waals surface area (Å²) in [6.45, 7) is 0.0489. The van der Waals surface area contributed by atoms with E-state index in [1.54, 1.807) is 35.2 Å². The Morgan fingerprint density at radius 3 is 2.28 bits per heavy atom. The molecule has 1 heterocycles. The lowest BCUT2D eigenvalue weighted by Gasteiger charge is -2.05. The van der Waals surface area contributed by atoms with Crippen LogP contribution in [0.2, 0.25) is 0 Å². The molecule has 1 N–H and O–H groups in total. The van der Waals surface area contributed by atoms with Gasteiger partial charge in [-0.2, -0.15) is 4.57 Å². The highest BCUT2D eigenvalue weighted by molar-refractivity contribution is 9.10. The normalized spacial score (nSPS) is 10.1. The molecule has 9 heteroatoms. The Bertz CT molecular complexity index is 1010. The van der Waals surface area contributed by atoms with Crippen LogP contribution in [0.15, 0.2) is 71.5 Å². The number of amides is 1. The van der Waals surface area contributed by atoms with Gasteiger partial charge in [0.2, 0.25) is 6.54 Å². The van der Waals surface area contributed by atoms with E-state index in [0.717, 1.165) is 11.1 Å². The number of nitrogens with zero attached hydrogens (tertiary/aromatic N) is 2. The van der Waals surface area contributed by atoms with Crippen LogP contribution < -0.4 is 22.3 Å². The molecule has 2 aromatic carbocycles. The van der Waals surface area contributed by atoms with Gasteiger partial charge < -0.3 is 17.7 Å². The van der Waals surface area contributed by atoms with E-state index in [-0.39, 0.29) is 36.2 Å². The summed E-state index contributed by atoms with van der Waals surface area (Å²) in [6, 6.07) is 14.6. The maximum Gasteiger partial charge on any atom is 0.290 e. The summed E-state index contributed by atoms with van der Waals surface area (Å²) >= 11 is 3.17. The van der Waals surface area contributed by atoms with Gasteiger partial charge in [-0.1, -0.05) is 28.1 Å². The Kier molecular flexibility index (Phi) is 7.81. The van der Waals surface area contributed by atoms with Crippen LogP contribution in [0.25, 0.3) is 0 Å². The molecule has 0 radical (unpaired) electrons. The minimum absolute atomic E-state index is 0. The molecule has 0 fully saturated rings. The van der Waals surface area contributed by atoms with Crippen molar-refractivity contribution in [1.82, 2.24) is 0 Å². The van der Waals surface area contributed by atoms with Crippen LogP contribution in [-0.2, 0) is 17.8 Å². The molecule has 0 bridgehead atoms. The van der Waals surface area contributed by atoms with E-state index in [1.807, 2.05) is 12.1 Å². The van der Waals surface area contributed by atoms with Gasteiger partial charge in [0.25, 0.3) is 11.6 Å². The zero-order chi connectivity index (χ0) is 20.1. The highest BCUT2D eigenvalue weighted by Crippen LogP contribution is 2.19. The van der Waals surface area contributed by atoms with E-state index >= 15 is 0 Å². The fraction of sp³-hybridized carbons (Fsp3) is 0.100. The van der Waals surface area contributed by atoms with Gasteiger partial charge in [-0.3, -0.25) is 14.9 Å². The van der Waals surface area contributed by atoms with Crippen molar-refractivity contribution in [1.29, 1.82) is 0 Å². The third-order valence-corrected chi connectivity index (χ3v) is 4.54. The van der Waals surface area contributed by atoms with Gasteiger partial charge in [0.15, 0.2) is 12.4 Å². The zero-order valence-corrected chi connectivity index (χ0v) is 17.4. The highest BCUT2D eigenvalue weighted by Gasteiger charge is 2.12. The molecule has 1 amide bonds. The van der Waals surface area contributed by atoms with Crippen molar-refractivity contribution >= 4 is 33.2 Å². The Balaban J connectivity index is 0.00000300. The summed E-state index contributed by atoms with van der Waals surface area (Å²) in [4.78, 5) is 22.4. The molecule has 0 aliphatic heterocycles. The molecule has 0 aliphatic rings. The lowest BCUT2D eigenvalue weighted by atomic mass is 10.1. The SMILES string of the molecule is O=C(C[n+]1ccc(Cc2ccc([N+](=O)[O-])cc2)cc1)Nc1ccc(Br)cc1F.[Cl-]. The first-order valence-corrected chi connectivity index (χ1v) is 9.16. The number of non-ortho nitro benzene ring substituents is 1. The molecular formula is C20H16BrClFN3O3. The van der Waals surface area contributed by atoms with Gasteiger partial charge in [0.05, 0.1) is 10.6 Å². The van der Waals surface area contributed by atoms with Crippen LogP contribution in [0, 0.1) is 15.9 Å². The zero-order valence-electron chi connectivity index (χ0n) is 15.0. The van der Waals surface area contributed by atoms with Crippen LogP contribution >= 0.6 is 15.9 Å². The predicted octanol–water partition coefficient (Wildman–Crippen LogP) is 1.02. The Morgan fingerprint density at radius 1 is 1.07 bits per heavy atom. The number of nitro benzene ring substituents is 1. The van der Waals surface area contributed by atoms with Crippen molar-refractivity contribution in [2.45, 2.75) is 13.0 Å². The molecule has 29 heavy (non-hydrogen) atoms. The van der Waals surface area contributed by atoms with Crippen LogP contribution in [0.1, 0.15) is 11.1 Å². The second kappa shape index (κ2) is 10.1. The molecule has 0 aliphatic carbocycles. The van der Waals surface area contributed by atoms with Crippen molar-refractivity contribution in [3.05, 3.63) is 98.5 Å². The second-order valence-corrected chi connectivity index (χ2v) is 7.07. The van der Waals surface area contributed by atoms with Crippen molar-refractivity contribution in [2.24, 2.45) is 0 Å². The summed E-state index contributed by atoms with van der Waals surface area (Å²) in [5.74, 6) is -0.847. The minimum Gasteiger partial charge on any atom is -1.00 e. The number of carbonyl (C=O) groups is 1. The first-order valence-electron chi connectivity index (χ1n) is 8.37. The van der Waals surface area contributed by atoms with E-state index in [0.29, 0.717) is 10.9 Å². The van der Waals surface area contributed by atoms with Gasteiger partial charge in [0.1, 0.15) is 5.82 Å². The van der Waals surface area contributed by atoms with Gasteiger partial charge in [-0.15, -0.1) is 0 Å². The first kappa shape index (κ1) is 22.4. The summed E-state index contributed by atoms with van der Waals surface area (Å²) in [6.07, 6.45) is 4.14. The lowest BCUT2D eigenvalue weighted by molar-refractivity contribution is -0.684. The summed E-state index contributed by atoms with van der Waals surface area (Å²) < 4.78 is 16.1. The fourth-order valence-corrected chi connectivity index (χ4v) is 2.96. The molecule has 0 spiro atoms. The number of benzene rings is 2. The van der Waals surface area contributed by atoms with Crippen molar-refractivity contribution in [3.8, 4) is 0 Å². The number of pyridine rings is 1. The number of rotatable bonds is 6. The van der Waals surface area contributed by atoms with Crippen LogP contribution in [0.5, 0.6) is 0 Å². The molecule has 150 valence electrons. The average Bonchev–Trinajstić information content (AvgIpc) is 2.66. The Morgan fingerprint density at radius 2 is 1.69 bits per heavy atom. The van der Waals surface area contributed by atoms with Gasteiger partial charge in [0, 0.05) is 28.7 Å². The molecule has 1 aromatic heterocycles. The third-order valence-electron chi connectivity index (χ3n) is 4.05. The van der Waals surface area contributed by atoms with E-state index in [1.165, 1.54) is 24.3 Å². The number of carbonyl (C=O) groups excluding carboxylic acids is 1. The Labute approximate surface area is 181 Å². The number of nitro groups is 1. The number of nitrogens with one attached hydrogen (secondary N) is 1. The maximum absolute atomic E-state index is 13.8.